The zero-order valence-corrected chi connectivity index (χ0v) is 15.5. The minimum Gasteiger partial charge on any atom is -0.365 e. The van der Waals surface area contributed by atoms with Gasteiger partial charge in [0.15, 0.2) is 0 Å². The van der Waals surface area contributed by atoms with Gasteiger partial charge in [-0.1, -0.05) is 12.1 Å². The first-order chi connectivity index (χ1) is 12.4. The van der Waals surface area contributed by atoms with Crippen LogP contribution in [-0.4, -0.2) is 17.7 Å². The Morgan fingerprint density at radius 1 is 1.15 bits per heavy atom. The van der Waals surface area contributed by atoms with Crippen molar-refractivity contribution in [1.82, 2.24) is 5.32 Å². The number of carbonyl (C=O) groups excluding carboxylic acids is 3. The van der Waals surface area contributed by atoms with Crippen LogP contribution in [0, 0.1) is 19.8 Å². The van der Waals surface area contributed by atoms with Crippen molar-refractivity contribution in [1.29, 1.82) is 0 Å². The Bertz CT molecular complexity index is 867. The molecule has 0 atom stereocenters. The van der Waals surface area contributed by atoms with Crippen molar-refractivity contribution in [2.75, 3.05) is 5.32 Å². The molecule has 0 unspecified atom stereocenters. The zero-order chi connectivity index (χ0) is 18.8. The molecule has 0 radical (unpaired) electrons. The van der Waals surface area contributed by atoms with Crippen LogP contribution in [0.2, 0.25) is 0 Å². The van der Waals surface area contributed by atoms with Gasteiger partial charge in [-0.05, 0) is 49.9 Å². The summed E-state index contributed by atoms with van der Waals surface area (Å²) >= 11 is 1.34. The summed E-state index contributed by atoms with van der Waals surface area (Å²) in [6, 6.07) is 7.01. The van der Waals surface area contributed by atoms with E-state index in [-0.39, 0.29) is 17.7 Å². The van der Waals surface area contributed by atoms with Gasteiger partial charge in [0.1, 0.15) is 5.00 Å². The van der Waals surface area contributed by atoms with Crippen LogP contribution in [0.3, 0.4) is 0 Å². The Hall–Kier alpha value is -2.67. The topological polar surface area (TPSA) is 101 Å². The van der Waals surface area contributed by atoms with Crippen LogP contribution in [-0.2, 0) is 11.3 Å². The van der Waals surface area contributed by atoms with E-state index in [9.17, 15) is 14.4 Å². The molecule has 0 aliphatic heterocycles. The smallest absolute Gasteiger partial charge is 0.256 e. The van der Waals surface area contributed by atoms with Crippen LogP contribution < -0.4 is 16.4 Å². The Morgan fingerprint density at radius 2 is 1.81 bits per heavy atom. The summed E-state index contributed by atoms with van der Waals surface area (Å²) in [5, 5.41) is 6.13. The van der Waals surface area contributed by atoms with Crippen molar-refractivity contribution in [2.24, 2.45) is 11.7 Å². The van der Waals surface area contributed by atoms with E-state index in [2.05, 4.69) is 10.6 Å². The second kappa shape index (κ2) is 7.29. The molecule has 1 heterocycles. The molecule has 0 saturated heterocycles. The minimum absolute atomic E-state index is 0.0919. The summed E-state index contributed by atoms with van der Waals surface area (Å²) in [5.41, 5.74) is 7.98. The van der Waals surface area contributed by atoms with Gasteiger partial charge >= 0.3 is 0 Å². The third kappa shape index (κ3) is 3.94. The molecule has 3 rings (SSSR count). The van der Waals surface area contributed by atoms with E-state index in [4.69, 9.17) is 5.73 Å². The number of nitrogens with two attached hydrogens (primary N) is 1. The number of hydrogen-bond acceptors (Lipinski definition) is 4. The van der Waals surface area contributed by atoms with Crippen LogP contribution in [0.15, 0.2) is 24.3 Å². The van der Waals surface area contributed by atoms with E-state index < -0.39 is 5.91 Å². The summed E-state index contributed by atoms with van der Waals surface area (Å²) < 4.78 is 0. The second-order valence-corrected chi connectivity index (χ2v) is 7.72. The van der Waals surface area contributed by atoms with Gasteiger partial charge in [-0.25, -0.2) is 0 Å². The highest BCUT2D eigenvalue weighted by atomic mass is 32.1. The highest BCUT2D eigenvalue weighted by Gasteiger charge is 2.29. The lowest BCUT2D eigenvalue weighted by Crippen LogP contribution is -2.24. The normalized spacial score (nSPS) is 13.3. The predicted octanol–water partition coefficient (Wildman–Crippen LogP) is 2.74. The molecule has 0 bridgehead atoms. The van der Waals surface area contributed by atoms with Gasteiger partial charge in [-0.3, -0.25) is 14.4 Å². The number of carbonyl (C=O) groups is 3. The van der Waals surface area contributed by atoms with Crippen LogP contribution in [0.4, 0.5) is 5.00 Å². The molecular formula is C19H21N3O3S. The second-order valence-electron chi connectivity index (χ2n) is 6.49. The first kappa shape index (κ1) is 18.1. The molecule has 1 aromatic heterocycles. The largest absolute Gasteiger partial charge is 0.365 e. The third-order valence-corrected chi connectivity index (χ3v) is 5.61. The summed E-state index contributed by atoms with van der Waals surface area (Å²) in [6.45, 7) is 4.14. The van der Waals surface area contributed by atoms with Crippen molar-refractivity contribution in [3.63, 3.8) is 0 Å². The monoisotopic (exact) mass is 371 g/mol. The highest BCUT2D eigenvalue weighted by Crippen LogP contribution is 2.32. The van der Waals surface area contributed by atoms with E-state index in [1.807, 2.05) is 26.0 Å². The van der Waals surface area contributed by atoms with Crippen LogP contribution in [0.5, 0.6) is 0 Å². The Morgan fingerprint density at radius 3 is 2.38 bits per heavy atom. The molecule has 26 heavy (non-hydrogen) atoms. The maximum Gasteiger partial charge on any atom is 0.256 e. The van der Waals surface area contributed by atoms with Crippen molar-refractivity contribution < 1.29 is 14.4 Å². The molecule has 4 N–H and O–H groups in total. The molecule has 2 aromatic rings. The van der Waals surface area contributed by atoms with E-state index >= 15 is 0 Å². The fourth-order valence-corrected chi connectivity index (χ4v) is 3.70. The first-order valence-corrected chi connectivity index (χ1v) is 9.26. The number of amides is 3. The van der Waals surface area contributed by atoms with Gasteiger partial charge in [0.2, 0.25) is 5.91 Å². The number of aryl methyl sites for hydroxylation is 1. The van der Waals surface area contributed by atoms with Gasteiger partial charge in [0.05, 0.1) is 5.56 Å². The Balaban J connectivity index is 1.66. The van der Waals surface area contributed by atoms with E-state index in [1.54, 1.807) is 12.1 Å². The van der Waals surface area contributed by atoms with Gasteiger partial charge in [0, 0.05) is 22.9 Å². The number of primary amides is 1. The Labute approximate surface area is 155 Å². The van der Waals surface area contributed by atoms with Crippen molar-refractivity contribution in [3.05, 3.63) is 51.4 Å². The lowest BCUT2D eigenvalue weighted by atomic mass is 10.1. The number of benzene rings is 1. The third-order valence-electron chi connectivity index (χ3n) is 4.49. The zero-order valence-electron chi connectivity index (χ0n) is 14.7. The minimum atomic E-state index is -0.552. The Kier molecular flexibility index (Phi) is 5.08. The average molecular weight is 371 g/mol. The van der Waals surface area contributed by atoms with E-state index in [1.165, 1.54) is 11.3 Å². The van der Waals surface area contributed by atoms with Crippen LogP contribution in [0.25, 0.3) is 0 Å². The van der Waals surface area contributed by atoms with Crippen molar-refractivity contribution in [3.8, 4) is 0 Å². The van der Waals surface area contributed by atoms with Crippen LogP contribution in [0.1, 0.15) is 49.6 Å². The molecule has 1 aliphatic rings. The van der Waals surface area contributed by atoms with Crippen molar-refractivity contribution >= 4 is 34.1 Å². The van der Waals surface area contributed by atoms with Crippen LogP contribution >= 0.6 is 11.3 Å². The quantitative estimate of drug-likeness (QED) is 0.728. The summed E-state index contributed by atoms with van der Waals surface area (Å²) in [7, 11) is 0. The number of hydrogen-bond donors (Lipinski definition) is 3. The fraction of sp³-hybridized carbons (Fsp3) is 0.316. The average Bonchev–Trinajstić information content (AvgIpc) is 3.40. The molecule has 1 saturated carbocycles. The molecular weight excluding hydrogens is 350 g/mol. The lowest BCUT2D eigenvalue weighted by molar-refractivity contribution is -0.122. The maximum atomic E-state index is 12.5. The maximum absolute atomic E-state index is 12.5. The molecule has 6 nitrogen and oxygen atoms in total. The molecule has 136 valence electrons. The first-order valence-electron chi connectivity index (χ1n) is 8.44. The standard InChI is InChI=1S/C19H21N3O3S/c1-10-11(2)26-19(15(10)16(20)23)22-18(25)14-5-3-12(4-6-14)9-21-17(24)13-7-8-13/h3-6,13H,7-9H2,1-2H3,(H2,20,23)(H,21,24)(H,22,25). The number of anilines is 1. The fourth-order valence-electron chi connectivity index (χ4n) is 2.64. The number of thiophene rings is 1. The molecule has 1 aromatic carbocycles. The molecule has 3 amide bonds. The summed E-state index contributed by atoms with van der Waals surface area (Å²) in [4.78, 5) is 36.7. The van der Waals surface area contributed by atoms with Gasteiger partial charge in [-0.2, -0.15) is 0 Å². The van der Waals surface area contributed by atoms with Crippen molar-refractivity contribution in [2.45, 2.75) is 33.2 Å². The van der Waals surface area contributed by atoms with Gasteiger partial charge < -0.3 is 16.4 Å². The predicted molar refractivity (Wildman–Crippen MR) is 101 cm³/mol. The summed E-state index contributed by atoms with van der Waals surface area (Å²) in [6.07, 6.45) is 1.94. The molecule has 1 fully saturated rings. The number of nitrogens with one attached hydrogen (secondary N) is 2. The van der Waals surface area contributed by atoms with E-state index in [0.29, 0.717) is 22.7 Å². The lowest BCUT2D eigenvalue weighted by Gasteiger charge is -2.07. The summed E-state index contributed by atoms with van der Waals surface area (Å²) in [5.74, 6) is -0.585. The SMILES string of the molecule is Cc1sc(NC(=O)c2ccc(CNC(=O)C3CC3)cc2)c(C(N)=O)c1C. The molecule has 7 heteroatoms. The van der Waals surface area contributed by atoms with E-state index in [0.717, 1.165) is 28.8 Å². The number of rotatable bonds is 6. The molecule has 1 aliphatic carbocycles. The van der Waals surface area contributed by atoms with Gasteiger partial charge in [-0.15, -0.1) is 11.3 Å². The van der Waals surface area contributed by atoms with Gasteiger partial charge in [0.25, 0.3) is 11.8 Å². The highest BCUT2D eigenvalue weighted by molar-refractivity contribution is 7.16. The molecule has 0 spiro atoms.